The van der Waals surface area contributed by atoms with Crippen molar-refractivity contribution >= 4 is 0 Å². The maximum atomic E-state index is 9.02. The van der Waals surface area contributed by atoms with Crippen molar-refractivity contribution in [1.82, 2.24) is 0 Å². The summed E-state index contributed by atoms with van der Waals surface area (Å²) in [5.74, 6) is 0. The lowest BCUT2D eigenvalue weighted by Crippen LogP contribution is -1.91. The maximum absolute atomic E-state index is 9.02. The van der Waals surface area contributed by atoms with E-state index in [4.69, 9.17) is 9.84 Å². The molecule has 1 fully saturated rings. The van der Waals surface area contributed by atoms with Gasteiger partial charge in [-0.3, -0.25) is 0 Å². The molecule has 0 aromatic rings. The second-order valence-electron chi connectivity index (χ2n) is 6.80. The molecule has 1 rings (SSSR count). The Hall–Kier alpha value is -0.0800. The average molecular weight is 299 g/mol. The predicted molar refractivity (Wildman–Crippen MR) is 90.4 cm³/mol. The number of hydrogen-bond donors (Lipinski definition) is 1. The van der Waals surface area contributed by atoms with Gasteiger partial charge in [0.1, 0.15) is 6.10 Å². The van der Waals surface area contributed by atoms with Crippen LogP contribution >= 0.6 is 0 Å². The summed E-state index contributed by atoms with van der Waals surface area (Å²) in [5.41, 5.74) is 0. The van der Waals surface area contributed by atoms with E-state index in [-0.39, 0.29) is 6.10 Å². The van der Waals surface area contributed by atoms with Gasteiger partial charge in [0.15, 0.2) is 6.29 Å². The molecule has 1 heterocycles. The maximum Gasteiger partial charge on any atom is 0.181 e. The lowest BCUT2D eigenvalue weighted by Gasteiger charge is -2.03. The minimum Gasteiger partial charge on any atom is -0.366 e. The van der Waals surface area contributed by atoms with E-state index in [2.05, 4.69) is 6.92 Å². The van der Waals surface area contributed by atoms with Crippen LogP contribution in [0.1, 0.15) is 110 Å². The summed E-state index contributed by atoms with van der Waals surface area (Å²) in [7, 11) is 0. The van der Waals surface area contributed by atoms with E-state index in [9.17, 15) is 0 Å². The summed E-state index contributed by atoms with van der Waals surface area (Å²) in [5, 5.41) is 9.02. The van der Waals surface area contributed by atoms with Gasteiger partial charge in [0.2, 0.25) is 0 Å². The highest BCUT2D eigenvalue weighted by atomic mass is 16.7. The molecule has 0 spiro atoms. The Balaban J connectivity index is 1.62. The number of aliphatic hydroxyl groups is 1. The van der Waals surface area contributed by atoms with Gasteiger partial charge in [0.25, 0.3) is 0 Å². The third-order valence-corrected chi connectivity index (χ3v) is 4.65. The highest BCUT2D eigenvalue weighted by molar-refractivity contribution is 4.74. The molecule has 0 radical (unpaired) electrons. The Kier molecular flexibility index (Phi) is 12.3. The highest BCUT2D eigenvalue weighted by Gasteiger charge is 2.35. The van der Waals surface area contributed by atoms with Crippen molar-refractivity contribution < 1.29 is 9.84 Å². The van der Waals surface area contributed by atoms with Gasteiger partial charge >= 0.3 is 0 Å². The van der Waals surface area contributed by atoms with E-state index in [0.29, 0.717) is 0 Å². The summed E-state index contributed by atoms with van der Waals surface area (Å²) in [4.78, 5) is 0. The summed E-state index contributed by atoms with van der Waals surface area (Å²) in [6, 6.07) is 0. The Morgan fingerprint density at radius 1 is 0.619 bits per heavy atom. The normalized spacial score (nSPS) is 20.9. The number of hydrogen-bond acceptors (Lipinski definition) is 2. The monoisotopic (exact) mass is 298 g/mol. The zero-order valence-electron chi connectivity index (χ0n) is 14.3. The average Bonchev–Trinajstić information content (AvgIpc) is 3.19. The first-order valence-electron chi connectivity index (χ1n) is 9.68. The lowest BCUT2D eigenvalue weighted by atomic mass is 10.0. The molecule has 0 bridgehead atoms. The molecule has 1 N–H and O–H groups in total. The minimum atomic E-state index is -0.434. The van der Waals surface area contributed by atoms with Crippen LogP contribution in [0.3, 0.4) is 0 Å². The van der Waals surface area contributed by atoms with Crippen molar-refractivity contribution in [3.05, 3.63) is 0 Å². The van der Waals surface area contributed by atoms with Gasteiger partial charge in [0, 0.05) is 0 Å². The van der Waals surface area contributed by atoms with Crippen LogP contribution in [0.4, 0.5) is 0 Å². The first-order valence-corrected chi connectivity index (χ1v) is 9.68. The standard InChI is InChI=1S/C19H38O2/c1-2-3-4-5-6-7-8-9-10-11-12-13-14-15-16-17-18-19(20)21-18/h18-20H,2-17H2,1H3. The molecule has 0 aromatic carbocycles. The van der Waals surface area contributed by atoms with Gasteiger partial charge in [-0.2, -0.15) is 0 Å². The summed E-state index contributed by atoms with van der Waals surface area (Å²) in [6.07, 6.45) is 21.9. The van der Waals surface area contributed by atoms with Gasteiger partial charge in [-0.25, -0.2) is 0 Å². The van der Waals surface area contributed by atoms with Crippen LogP contribution in [0.15, 0.2) is 0 Å². The second-order valence-corrected chi connectivity index (χ2v) is 6.80. The molecule has 2 atom stereocenters. The molecule has 1 aliphatic rings. The molecule has 2 heteroatoms. The first kappa shape index (κ1) is 19.0. The predicted octanol–water partition coefficient (Wildman–Crippen LogP) is 5.97. The van der Waals surface area contributed by atoms with Gasteiger partial charge < -0.3 is 9.84 Å². The third kappa shape index (κ3) is 12.2. The lowest BCUT2D eigenvalue weighted by molar-refractivity contribution is 0.156. The van der Waals surface area contributed by atoms with Crippen molar-refractivity contribution in [2.45, 2.75) is 122 Å². The third-order valence-electron chi connectivity index (χ3n) is 4.65. The van der Waals surface area contributed by atoms with Gasteiger partial charge in [-0.15, -0.1) is 0 Å². The number of aliphatic hydroxyl groups excluding tert-OH is 1. The van der Waals surface area contributed by atoms with Crippen LogP contribution in [0, 0.1) is 0 Å². The SMILES string of the molecule is CCCCCCCCCCCCCCCCCC1OC1O. The summed E-state index contributed by atoms with van der Waals surface area (Å²) in [6.45, 7) is 2.28. The molecular weight excluding hydrogens is 260 g/mol. The topological polar surface area (TPSA) is 32.8 Å². The Bertz CT molecular complexity index is 218. The molecule has 1 saturated heterocycles. The molecule has 21 heavy (non-hydrogen) atoms. The van der Waals surface area contributed by atoms with Crippen molar-refractivity contribution in [1.29, 1.82) is 0 Å². The van der Waals surface area contributed by atoms with Gasteiger partial charge in [-0.05, 0) is 6.42 Å². The van der Waals surface area contributed by atoms with Crippen LogP contribution in [0.25, 0.3) is 0 Å². The smallest absolute Gasteiger partial charge is 0.181 e. The van der Waals surface area contributed by atoms with Crippen LogP contribution in [-0.2, 0) is 4.74 Å². The zero-order valence-corrected chi connectivity index (χ0v) is 14.3. The van der Waals surface area contributed by atoms with E-state index in [1.54, 1.807) is 0 Å². The van der Waals surface area contributed by atoms with E-state index in [1.807, 2.05) is 0 Å². The van der Waals surface area contributed by atoms with Crippen LogP contribution in [0.2, 0.25) is 0 Å². The van der Waals surface area contributed by atoms with Gasteiger partial charge in [-0.1, -0.05) is 103 Å². The molecule has 1 aliphatic heterocycles. The van der Waals surface area contributed by atoms with Crippen LogP contribution < -0.4 is 0 Å². The zero-order chi connectivity index (χ0) is 15.2. The number of epoxide rings is 1. The molecule has 0 aliphatic carbocycles. The summed E-state index contributed by atoms with van der Waals surface area (Å²) < 4.78 is 4.99. The molecule has 0 saturated carbocycles. The molecule has 126 valence electrons. The number of ether oxygens (including phenoxy) is 1. The number of rotatable bonds is 16. The Morgan fingerprint density at radius 2 is 0.952 bits per heavy atom. The van der Waals surface area contributed by atoms with Crippen LogP contribution in [0.5, 0.6) is 0 Å². The summed E-state index contributed by atoms with van der Waals surface area (Å²) >= 11 is 0. The highest BCUT2D eigenvalue weighted by Crippen LogP contribution is 2.24. The van der Waals surface area contributed by atoms with Crippen molar-refractivity contribution in [2.75, 3.05) is 0 Å². The van der Waals surface area contributed by atoms with Crippen molar-refractivity contribution in [2.24, 2.45) is 0 Å². The van der Waals surface area contributed by atoms with E-state index < -0.39 is 6.29 Å². The number of unbranched alkanes of at least 4 members (excludes halogenated alkanes) is 14. The van der Waals surface area contributed by atoms with E-state index in [1.165, 1.54) is 96.3 Å². The fourth-order valence-corrected chi connectivity index (χ4v) is 3.06. The Morgan fingerprint density at radius 3 is 1.29 bits per heavy atom. The van der Waals surface area contributed by atoms with Crippen molar-refractivity contribution in [3.8, 4) is 0 Å². The largest absolute Gasteiger partial charge is 0.366 e. The Labute approximate surface area is 132 Å². The molecule has 0 amide bonds. The fourth-order valence-electron chi connectivity index (χ4n) is 3.06. The quantitative estimate of drug-likeness (QED) is 0.281. The molecule has 2 unspecified atom stereocenters. The van der Waals surface area contributed by atoms with Crippen LogP contribution in [-0.4, -0.2) is 17.5 Å². The van der Waals surface area contributed by atoms with Gasteiger partial charge in [0.05, 0.1) is 0 Å². The van der Waals surface area contributed by atoms with E-state index in [0.717, 1.165) is 6.42 Å². The fraction of sp³-hybridized carbons (Fsp3) is 1.00. The molecular formula is C19H38O2. The second kappa shape index (κ2) is 13.6. The van der Waals surface area contributed by atoms with Crippen molar-refractivity contribution in [3.63, 3.8) is 0 Å². The first-order chi connectivity index (χ1) is 10.3. The molecule has 2 nitrogen and oxygen atoms in total. The molecule has 0 aromatic heterocycles. The van der Waals surface area contributed by atoms with E-state index >= 15 is 0 Å². The minimum absolute atomic E-state index is 0.173.